The number of carboxylic acids is 1. The molecule has 1 radical (unpaired) electrons. The predicted octanol–water partition coefficient (Wildman–Crippen LogP) is 1.11. The quantitative estimate of drug-likeness (QED) is 0.538. The van der Waals surface area contributed by atoms with Crippen LogP contribution in [0.4, 0.5) is 0 Å². The second-order valence-corrected chi connectivity index (χ2v) is 2.26. The second-order valence-electron chi connectivity index (χ2n) is 2.26. The predicted molar refractivity (Wildman–Crippen MR) is 50.5 cm³/mol. The van der Waals surface area contributed by atoms with Crippen molar-refractivity contribution in [1.29, 1.82) is 0 Å². The van der Waals surface area contributed by atoms with E-state index < -0.39 is 5.97 Å². The molecule has 0 saturated heterocycles. The summed E-state index contributed by atoms with van der Waals surface area (Å²) in [6, 6.07) is 6.27. The molecular weight excluding hydrogens is 179 g/mol. The van der Waals surface area contributed by atoms with Gasteiger partial charge in [-0.25, -0.2) is 4.79 Å². The van der Waals surface area contributed by atoms with E-state index in [1.807, 2.05) is 0 Å². The van der Waals surface area contributed by atoms with Crippen LogP contribution in [0.1, 0.15) is 5.56 Å². The van der Waals surface area contributed by atoms with Crippen LogP contribution in [-0.2, 0) is 4.79 Å². The molecule has 0 aliphatic carbocycles. The third-order valence-electron chi connectivity index (χ3n) is 1.31. The van der Waals surface area contributed by atoms with Crippen molar-refractivity contribution in [3.8, 4) is 5.75 Å². The van der Waals surface area contributed by atoms with Gasteiger partial charge in [0.2, 0.25) is 0 Å². The molecule has 0 aliphatic heterocycles. The first-order valence-electron chi connectivity index (χ1n) is 3.38. The molecule has 3 nitrogen and oxygen atoms in total. The molecule has 2 N–H and O–H groups in total. The Hall–Kier alpha value is -0.770. The van der Waals surface area contributed by atoms with Gasteiger partial charge in [-0.05, 0) is 23.8 Å². The van der Waals surface area contributed by atoms with Crippen molar-refractivity contribution in [3.05, 3.63) is 35.9 Å². The van der Waals surface area contributed by atoms with Crippen LogP contribution in [0, 0.1) is 0 Å². The minimum Gasteiger partial charge on any atom is -0.508 e. The summed E-state index contributed by atoms with van der Waals surface area (Å²) in [7, 11) is 0. The summed E-state index contributed by atoms with van der Waals surface area (Å²) < 4.78 is 0. The average Bonchev–Trinajstić information content (AvgIpc) is 2.03. The molecule has 4 heteroatoms. The van der Waals surface area contributed by atoms with Gasteiger partial charge in [0.15, 0.2) is 0 Å². The zero-order chi connectivity index (χ0) is 8.97. The normalized spacial score (nSPS) is 9.54. The molecule has 13 heavy (non-hydrogen) atoms. The maximum absolute atomic E-state index is 10.1. The number of carbonyl (C=O) groups is 1. The number of hydrogen-bond donors (Lipinski definition) is 2. The number of aliphatic carboxylic acids is 1. The number of carboxylic acid groups (broad SMARTS) is 1. The van der Waals surface area contributed by atoms with Gasteiger partial charge in [-0.15, -0.1) is 0 Å². The van der Waals surface area contributed by atoms with Crippen LogP contribution < -0.4 is 0 Å². The van der Waals surface area contributed by atoms with E-state index in [2.05, 4.69) is 0 Å². The Morgan fingerprint density at radius 3 is 2.23 bits per heavy atom. The monoisotopic (exact) mass is 187 g/mol. The fourth-order valence-electron chi connectivity index (χ4n) is 0.753. The molecule has 1 rings (SSSR count). The summed E-state index contributed by atoms with van der Waals surface area (Å²) in [5.74, 6) is -0.814. The molecule has 0 amide bonds. The molecule has 0 unspecified atom stereocenters. The molecule has 0 aromatic heterocycles. The van der Waals surface area contributed by atoms with Crippen LogP contribution in [0.2, 0.25) is 0 Å². The average molecular weight is 187 g/mol. The Kier molecular flexibility index (Phi) is 5.46. The Balaban J connectivity index is 0.00000144. The van der Waals surface area contributed by atoms with E-state index in [9.17, 15) is 4.79 Å². The standard InChI is InChI=1S/C9H8O3.Na/c10-8-4-1-7(2-5-8)3-6-9(11)12;/h1-6,10H,(H,11,12);/b6-3+;. The van der Waals surface area contributed by atoms with Crippen molar-refractivity contribution >= 4 is 41.6 Å². The zero-order valence-corrected chi connectivity index (χ0v) is 9.27. The van der Waals surface area contributed by atoms with Crippen molar-refractivity contribution < 1.29 is 15.0 Å². The van der Waals surface area contributed by atoms with Crippen LogP contribution in [0.5, 0.6) is 5.75 Å². The molecule has 0 saturated carbocycles. The van der Waals surface area contributed by atoms with Crippen LogP contribution in [0.15, 0.2) is 30.3 Å². The van der Waals surface area contributed by atoms with Gasteiger partial charge in [0.05, 0.1) is 0 Å². The molecule has 0 atom stereocenters. The summed E-state index contributed by atoms with van der Waals surface area (Å²) in [5, 5.41) is 17.2. The third-order valence-corrected chi connectivity index (χ3v) is 1.31. The number of aromatic hydroxyl groups is 1. The number of hydrogen-bond acceptors (Lipinski definition) is 2. The molecule has 1 aromatic rings. The van der Waals surface area contributed by atoms with Gasteiger partial charge >= 0.3 is 5.97 Å². The SMILES string of the molecule is O=C(O)/C=C/c1ccc(O)cc1.[Na]. The summed E-state index contributed by atoms with van der Waals surface area (Å²) in [6.45, 7) is 0. The van der Waals surface area contributed by atoms with Gasteiger partial charge in [0.1, 0.15) is 5.75 Å². The molecule has 0 spiro atoms. The first kappa shape index (κ1) is 12.2. The van der Waals surface area contributed by atoms with Crippen LogP contribution in [0.3, 0.4) is 0 Å². The molecule has 0 bridgehead atoms. The van der Waals surface area contributed by atoms with Crippen molar-refractivity contribution in [1.82, 2.24) is 0 Å². The minimum absolute atomic E-state index is 0. The maximum atomic E-state index is 10.1. The number of benzene rings is 1. The Bertz CT molecular complexity index is 303. The van der Waals surface area contributed by atoms with E-state index in [0.29, 0.717) is 0 Å². The first-order valence-corrected chi connectivity index (χ1v) is 3.38. The van der Waals surface area contributed by atoms with Crippen molar-refractivity contribution in [2.45, 2.75) is 0 Å². The molecule has 0 heterocycles. The van der Waals surface area contributed by atoms with E-state index in [0.717, 1.165) is 11.6 Å². The first-order chi connectivity index (χ1) is 5.68. The van der Waals surface area contributed by atoms with Crippen LogP contribution >= 0.6 is 0 Å². The molecule has 63 valence electrons. The summed E-state index contributed by atoms with van der Waals surface area (Å²) in [5.41, 5.74) is 0.746. The van der Waals surface area contributed by atoms with Gasteiger partial charge in [0, 0.05) is 35.6 Å². The third kappa shape index (κ3) is 4.72. The smallest absolute Gasteiger partial charge is 0.328 e. The number of rotatable bonds is 2. The Morgan fingerprint density at radius 2 is 1.77 bits per heavy atom. The maximum Gasteiger partial charge on any atom is 0.328 e. The second kappa shape index (κ2) is 5.80. The van der Waals surface area contributed by atoms with Gasteiger partial charge in [-0.3, -0.25) is 0 Å². The van der Waals surface area contributed by atoms with Gasteiger partial charge in [0.25, 0.3) is 0 Å². The summed E-state index contributed by atoms with van der Waals surface area (Å²) in [6.07, 6.45) is 2.51. The number of phenols is 1. The topological polar surface area (TPSA) is 57.5 Å². The van der Waals surface area contributed by atoms with Gasteiger partial charge < -0.3 is 10.2 Å². The van der Waals surface area contributed by atoms with E-state index in [4.69, 9.17) is 10.2 Å². The van der Waals surface area contributed by atoms with Crippen LogP contribution in [0.25, 0.3) is 6.08 Å². The van der Waals surface area contributed by atoms with E-state index in [1.165, 1.54) is 18.2 Å². The van der Waals surface area contributed by atoms with E-state index in [1.54, 1.807) is 12.1 Å². The van der Waals surface area contributed by atoms with E-state index >= 15 is 0 Å². The van der Waals surface area contributed by atoms with Gasteiger partial charge in [-0.1, -0.05) is 12.1 Å². The fourth-order valence-corrected chi connectivity index (χ4v) is 0.753. The van der Waals surface area contributed by atoms with Crippen LogP contribution in [-0.4, -0.2) is 45.7 Å². The van der Waals surface area contributed by atoms with Crippen molar-refractivity contribution in [2.24, 2.45) is 0 Å². The Labute approximate surface area is 98.0 Å². The minimum atomic E-state index is -0.983. The summed E-state index contributed by atoms with van der Waals surface area (Å²) >= 11 is 0. The molecule has 0 fully saturated rings. The van der Waals surface area contributed by atoms with Gasteiger partial charge in [-0.2, -0.15) is 0 Å². The fraction of sp³-hybridized carbons (Fsp3) is 0. The molecule has 0 aliphatic rings. The largest absolute Gasteiger partial charge is 0.508 e. The van der Waals surface area contributed by atoms with Crippen molar-refractivity contribution in [2.75, 3.05) is 0 Å². The Morgan fingerprint density at radius 1 is 1.23 bits per heavy atom. The van der Waals surface area contributed by atoms with E-state index in [-0.39, 0.29) is 35.3 Å². The zero-order valence-electron chi connectivity index (χ0n) is 7.27. The number of phenolic OH excluding ortho intramolecular Hbond substituents is 1. The molecule has 1 aromatic carbocycles. The van der Waals surface area contributed by atoms with Crippen molar-refractivity contribution in [3.63, 3.8) is 0 Å². The molecular formula is C9H8NaO3. The summed E-state index contributed by atoms with van der Waals surface area (Å²) in [4.78, 5) is 10.1.